The van der Waals surface area contributed by atoms with Gasteiger partial charge in [0, 0.05) is 31.3 Å². The van der Waals surface area contributed by atoms with Gasteiger partial charge in [0.25, 0.3) is 11.8 Å². The minimum absolute atomic E-state index is 0.0214. The normalized spacial score (nSPS) is 11.2. The second kappa shape index (κ2) is 12.9. The van der Waals surface area contributed by atoms with Gasteiger partial charge in [0.15, 0.2) is 0 Å². The van der Waals surface area contributed by atoms with Gasteiger partial charge in [-0.2, -0.15) is 0 Å². The molecule has 1 aromatic heterocycles. The fourth-order valence-corrected chi connectivity index (χ4v) is 5.59. The van der Waals surface area contributed by atoms with Crippen LogP contribution in [0.4, 0.5) is 5.00 Å². The zero-order chi connectivity index (χ0) is 29.6. The first-order valence-electron chi connectivity index (χ1n) is 12.7. The highest BCUT2D eigenvalue weighted by atomic mass is 32.2. The van der Waals surface area contributed by atoms with Gasteiger partial charge >= 0.3 is 5.97 Å². The Bertz CT molecular complexity index is 1650. The van der Waals surface area contributed by atoms with Crippen LogP contribution in [0.25, 0.3) is 11.1 Å². The van der Waals surface area contributed by atoms with Crippen LogP contribution >= 0.6 is 11.3 Å². The summed E-state index contributed by atoms with van der Waals surface area (Å²) in [6, 6.07) is 23.7. The van der Waals surface area contributed by atoms with Crippen LogP contribution in [0.1, 0.15) is 32.7 Å². The Hall–Kier alpha value is -4.32. The van der Waals surface area contributed by atoms with Crippen LogP contribution in [0.15, 0.2) is 95.2 Å². The maximum atomic E-state index is 13.9. The number of hydrogen-bond donors (Lipinski definition) is 2. The number of amides is 2. The number of thiophene rings is 1. The fourth-order valence-electron chi connectivity index (χ4n) is 4.38. The van der Waals surface area contributed by atoms with Gasteiger partial charge < -0.3 is 14.9 Å². The Labute approximate surface area is 242 Å². The molecule has 9 nitrogen and oxygen atoms in total. The van der Waals surface area contributed by atoms with Crippen LogP contribution < -0.4 is 10.0 Å². The van der Waals surface area contributed by atoms with Gasteiger partial charge in [0.05, 0.1) is 16.3 Å². The van der Waals surface area contributed by atoms with E-state index in [9.17, 15) is 27.9 Å². The average molecular weight is 592 g/mol. The van der Waals surface area contributed by atoms with Crippen LogP contribution in [-0.4, -0.2) is 56.3 Å². The number of nitrogens with two attached hydrogens (primary N) is 1. The molecule has 212 valence electrons. The van der Waals surface area contributed by atoms with Crippen LogP contribution in [-0.2, 0) is 21.2 Å². The van der Waals surface area contributed by atoms with Crippen molar-refractivity contribution in [2.24, 2.45) is 5.14 Å². The molecular weight excluding hydrogens is 562 g/mol. The molecule has 3 N–H and O–H groups in total. The molecule has 2 amide bonds. The SMILES string of the molecule is CN(C(=O)c1ccccc1-c1ccccc1C(=O)N(CCC(=O)O)CCc1ccc(S(N)(=O)=O)cc1)c1cccs1. The van der Waals surface area contributed by atoms with Gasteiger partial charge in [-0.1, -0.05) is 48.5 Å². The summed E-state index contributed by atoms with van der Waals surface area (Å²) in [6.45, 7) is 0.163. The fraction of sp³-hybridized carbons (Fsp3) is 0.167. The summed E-state index contributed by atoms with van der Waals surface area (Å²) >= 11 is 1.44. The number of carbonyl (C=O) groups is 3. The largest absolute Gasteiger partial charge is 0.481 e. The third kappa shape index (κ3) is 7.26. The molecule has 0 fully saturated rings. The smallest absolute Gasteiger partial charge is 0.305 e. The minimum Gasteiger partial charge on any atom is -0.481 e. The number of carboxylic acids is 1. The summed E-state index contributed by atoms with van der Waals surface area (Å²) in [5, 5.41) is 17.2. The lowest BCUT2D eigenvalue weighted by atomic mass is 9.94. The molecule has 11 heteroatoms. The van der Waals surface area contributed by atoms with E-state index < -0.39 is 16.0 Å². The summed E-state index contributed by atoms with van der Waals surface area (Å²) in [7, 11) is -2.13. The molecule has 0 saturated heterocycles. The number of primary sulfonamides is 1. The van der Waals surface area contributed by atoms with Gasteiger partial charge in [-0.25, -0.2) is 13.6 Å². The zero-order valence-electron chi connectivity index (χ0n) is 22.3. The molecule has 0 unspecified atom stereocenters. The van der Waals surface area contributed by atoms with Crippen LogP contribution in [0.2, 0.25) is 0 Å². The van der Waals surface area contributed by atoms with E-state index in [0.29, 0.717) is 28.7 Å². The summed E-state index contributed by atoms with van der Waals surface area (Å²) in [5.41, 5.74) is 2.66. The van der Waals surface area contributed by atoms with Crippen molar-refractivity contribution in [3.05, 3.63) is 107 Å². The molecule has 1 heterocycles. The first-order chi connectivity index (χ1) is 19.6. The lowest BCUT2D eigenvalue weighted by Crippen LogP contribution is -2.35. The van der Waals surface area contributed by atoms with Gasteiger partial charge in [0.1, 0.15) is 0 Å². The molecule has 4 rings (SSSR count). The van der Waals surface area contributed by atoms with Crippen molar-refractivity contribution in [1.82, 2.24) is 4.90 Å². The summed E-state index contributed by atoms with van der Waals surface area (Å²) in [6.07, 6.45) is 0.109. The number of carbonyl (C=O) groups excluding carboxylic acids is 2. The third-order valence-corrected chi connectivity index (χ3v) is 8.43. The van der Waals surface area contributed by atoms with Crippen molar-refractivity contribution < 1.29 is 27.9 Å². The molecule has 0 aliphatic carbocycles. The van der Waals surface area contributed by atoms with Crippen molar-refractivity contribution in [3.63, 3.8) is 0 Å². The van der Waals surface area contributed by atoms with E-state index in [-0.39, 0.29) is 36.2 Å². The Morgan fingerprint density at radius 3 is 1.93 bits per heavy atom. The van der Waals surface area contributed by atoms with E-state index >= 15 is 0 Å². The van der Waals surface area contributed by atoms with Crippen molar-refractivity contribution in [1.29, 1.82) is 0 Å². The average Bonchev–Trinajstić information content (AvgIpc) is 3.51. The summed E-state index contributed by atoms with van der Waals surface area (Å²) in [4.78, 5) is 41.8. The van der Waals surface area contributed by atoms with Crippen molar-refractivity contribution in [2.75, 3.05) is 25.0 Å². The Morgan fingerprint density at radius 1 is 0.805 bits per heavy atom. The highest BCUT2D eigenvalue weighted by Crippen LogP contribution is 2.31. The quantitative estimate of drug-likeness (QED) is 0.263. The van der Waals surface area contributed by atoms with E-state index in [1.807, 2.05) is 17.5 Å². The predicted molar refractivity (Wildman–Crippen MR) is 159 cm³/mol. The van der Waals surface area contributed by atoms with Gasteiger partial charge in [0.2, 0.25) is 10.0 Å². The first-order valence-corrected chi connectivity index (χ1v) is 15.1. The van der Waals surface area contributed by atoms with E-state index in [1.165, 1.54) is 28.4 Å². The van der Waals surface area contributed by atoms with Crippen molar-refractivity contribution in [3.8, 4) is 11.1 Å². The number of carboxylic acid groups (broad SMARTS) is 1. The van der Waals surface area contributed by atoms with Crippen molar-refractivity contribution >= 4 is 44.1 Å². The van der Waals surface area contributed by atoms with E-state index in [0.717, 1.165) is 10.6 Å². The number of hydrogen-bond acceptors (Lipinski definition) is 6. The topological polar surface area (TPSA) is 138 Å². The molecule has 0 radical (unpaired) electrons. The zero-order valence-corrected chi connectivity index (χ0v) is 23.9. The first kappa shape index (κ1) is 29.7. The number of nitrogens with zero attached hydrogens (tertiary/aromatic N) is 2. The van der Waals surface area contributed by atoms with Gasteiger partial charge in [-0.15, -0.1) is 11.3 Å². The maximum absolute atomic E-state index is 13.9. The molecule has 0 aliphatic heterocycles. The van der Waals surface area contributed by atoms with Crippen LogP contribution in [0.5, 0.6) is 0 Å². The number of anilines is 1. The number of aliphatic carboxylic acids is 1. The molecule has 41 heavy (non-hydrogen) atoms. The number of benzene rings is 3. The Morgan fingerprint density at radius 2 is 1.39 bits per heavy atom. The molecular formula is C30H29N3O6S2. The molecule has 0 atom stereocenters. The standard InChI is InChI=1S/C30H29N3O6S2/c1-32(27-11-6-20-40-27)29(36)25-9-4-2-7-23(25)24-8-3-5-10-26(24)30(37)33(19-17-28(34)35)18-16-21-12-14-22(15-13-21)41(31,38)39/h2-15,20H,16-19H2,1H3,(H,34,35)(H2,31,38,39). The third-order valence-electron chi connectivity index (χ3n) is 6.55. The molecule has 0 aliphatic rings. The Balaban J connectivity index is 1.64. The van der Waals surface area contributed by atoms with E-state index in [2.05, 4.69) is 0 Å². The molecule has 4 aromatic rings. The van der Waals surface area contributed by atoms with Gasteiger partial charge in [-0.05, 0) is 64.9 Å². The molecule has 0 saturated carbocycles. The summed E-state index contributed by atoms with van der Waals surface area (Å²) < 4.78 is 23.1. The van der Waals surface area contributed by atoms with Crippen LogP contribution in [0, 0.1) is 0 Å². The van der Waals surface area contributed by atoms with Gasteiger partial charge in [-0.3, -0.25) is 14.4 Å². The second-order valence-electron chi connectivity index (χ2n) is 9.28. The van der Waals surface area contributed by atoms with Crippen LogP contribution in [0.3, 0.4) is 0 Å². The highest BCUT2D eigenvalue weighted by Gasteiger charge is 2.24. The van der Waals surface area contributed by atoms with E-state index in [1.54, 1.807) is 72.6 Å². The van der Waals surface area contributed by atoms with Crippen molar-refractivity contribution in [2.45, 2.75) is 17.7 Å². The molecule has 3 aromatic carbocycles. The predicted octanol–water partition coefficient (Wildman–Crippen LogP) is 4.50. The monoisotopic (exact) mass is 591 g/mol. The molecule has 0 bridgehead atoms. The van der Waals surface area contributed by atoms with E-state index in [4.69, 9.17) is 5.14 Å². The highest BCUT2D eigenvalue weighted by molar-refractivity contribution is 7.89. The number of rotatable bonds is 11. The second-order valence-corrected chi connectivity index (χ2v) is 11.8. The lowest BCUT2D eigenvalue weighted by molar-refractivity contribution is -0.137. The maximum Gasteiger partial charge on any atom is 0.305 e. The summed E-state index contributed by atoms with van der Waals surface area (Å²) in [5.74, 6) is -1.64. The minimum atomic E-state index is -3.83. The lowest BCUT2D eigenvalue weighted by Gasteiger charge is -2.24. The Kier molecular flexibility index (Phi) is 9.33. The number of sulfonamides is 1. The molecule has 0 spiro atoms.